The van der Waals surface area contributed by atoms with E-state index in [9.17, 15) is 14.0 Å². The van der Waals surface area contributed by atoms with Crippen LogP contribution in [0.3, 0.4) is 0 Å². The van der Waals surface area contributed by atoms with Crippen LogP contribution in [0.15, 0.2) is 54.9 Å². The summed E-state index contributed by atoms with van der Waals surface area (Å²) in [6.07, 6.45) is 8.70. The number of hydrogen-bond donors (Lipinski definition) is 3. The number of rotatable bonds is 19. The largest absolute Gasteiger partial charge is 0.453 e. The molecular weight excluding hydrogens is 633 g/mol. The van der Waals surface area contributed by atoms with E-state index in [1.807, 2.05) is 25.1 Å². The van der Waals surface area contributed by atoms with Crippen molar-refractivity contribution in [3.63, 3.8) is 0 Å². The highest BCUT2D eigenvalue weighted by molar-refractivity contribution is 7.22. The lowest BCUT2D eigenvalue weighted by atomic mass is 9.91. The molecule has 1 aromatic carbocycles. The van der Waals surface area contributed by atoms with E-state index in [1.165, 1.54) is 23.5 Å². The summed E-state index contributed by atoms with van der Waals surface area (Å²) < 4.78 is 27.1. The van der Waals surface area contributed by atoms with Crippen LogP contribution >= 0.6 is 11.3 Å². The second kappa shape index (κ2) is 17.4. The average molecular weight is 678 g/mol. The van der Waals surface area contributed by atoms with Crippen LogP contribution in [-0.2, 0) is 4.74 Å². The first-order chi connectivity index (χ1) is 23.4. The minimum absolute atomic E-state index is 0.0298. The van der Waals surface area contributed by atoms with Crippen molar-refractivity contribution < 1.29 is 28.6 Å². The summed E-state index contributed by atoms with van der Waals surface area (Å²) in [5, 5.41) is 14.4. The average Bonchev–Trinajstić information content (AvgIpc) is 3.79. The smallest absolute Gasteiger partial charge is 0.319 e. The number of urea groups is 1. The normalized spacial score (nSPS) is 13.5. The molecule has 3 heterocycles. The molecule has 1 fully saturated rings. The highest BCUT2D eigenvalue weighted by atomic mass is 32.1. The maximum Gasteiger partial charge on any atom is 0.319 e. The number of ether oxygens (including phenoxy) is 2. The van der Waals surface area contributed by atoms with Crippen LogP contribution in [0.2, 0.25) is 0 Å². The lowest BCUT2D eigenvalue weighted by molar-refractivity contribution is 0.0725. The number of Topliss-reactive ketones (excluding diaryl/α,β-unsaturated/α-hetero) is 1. The van der Waals surface area contributed by atoms with Gasteiger partial charge in [0, 0.05) is 54.3 Å². The molecule has 0 radical (unpaired) electrons. The van der Waals surface area contributed by atoms with Gasteiger partial charge in [0.1, 0.15) is 5.75 Å². The molecule has 48 heavy (non-hydrogen) atoms. The molecule has 1 aliphatic carbocycles. The van der Waals surface area contributed by atoms with Crippen LogP contribution < -0.4 is 15.4 Å². The van der Waals surface area contributed by atoms with E-state index >= 15 is 0 Å². The van der Waals surface area contributed by atoms with Crippen LogP contribution in [0.5, 0.6) is 11.5 Å². The number of carbonyl (C=O) groups excluding carboxylic acids is 2. The summed E-state index contributed by atoms with van der Waals surface area (Å²) in [4.78, 5) is 37.7. The third-order valence-corrected chi connectivity index (χ3v) is 9.38. The maximum atomic E-state index is 15.0. The monoisotopic (exact) mass is 677 g/mol. The van der Waals surface area contributed by atoms with Gasteiger partial charge < -0.3 is 30.1 Å². The van der Waals surface area contributed by atoms with E-state index in [2.05, 4.69) is 32.4 Å². The number of nitrogens with zero attached hydrogens (tertiary/aromatic N) is 3. The summed E-state index contributed by atoms with van der Waals surface area (Å²) in [5.74, 6) is -0.0943. The number of halogens is 1. The molecule has 256 valence electrons. The van der Waals surface area contributed by atoms with Gasteiger partial charge in [-0.25, -0.2) is 9.18 Å². The molecule has 0 bridgehead atoms. The van der Waals surface area contributed by atoms with E-state index in [-0.39, 0.29) is 36.1 Å². The first-order valence-electron chi connectivity index (χ1n) is 16.7. The second-order valence-electron chi connectivity index (χ2n) is 12.0. The minimum atomic E-state index is -0.601. The topological polar surface area (TPSA) is 126 Å². The predicted octanol–water partition coefficient (Wildman–Crippen LogP) is 7.28. The van der Waals surface area contributed by atoms with Gasteiger partial charge in [-0.15, -0.1) is 11.3 Å². The molecule has 1 unspecified atom stereocenters. The number of hydrogen-bond acceptors (Lipinski definition) is 9. The first kappa shape index (κ1) is 35.3. The number of pyridine rings is 2. The molecular formula is C36H44FN5O5S. The van der Waals surface area contributed by atoms with Gasteiger partial charge in [0.2, 0.25) is 0 Å². The van der Waals surface area contributed by atoms with Gasteiger partial charge in [0.15, 0.2) is 17.3 Å². The minimum Gasteiger partial charge on any atom is -0.453 e. The Morgan fingerprint density at radius 2 is 1.92 bits per heavy atom. The number of anilines is 1. The predicted molar refractivity (Wildman–Crippen MR) is 186 cm³/mol. The van der Waals surface area contributed by atoms with E-state index < -0.39 is 5.82 Å². The standard InChI is InChI=1S/C36H44FN5O5S/c1-3-15-42(17-19-46-20-18-43)16-5-6-24(4-2)34(44)25-7-11-29(39-23-25)33-22-30-35(48-33)32(13-14-38-30)47-31-12-10-27(21-28(31)37)41-36(45)40-26-8-9-26/h7,10-14,21-24,26,43H,3-6,8-9,15-20H2,1-2H3,(H2,40,41,45). The number of benzene rings is 1. The number of aliphatic hydroxyl groups is 1. The van der Waals surface area contributed by atoms with E-state index in [0.29, 0.717) is 41.4 Å². The number of aliphatic hydroxyl groups excluding tert-OH is 1. The van der Waals surface area contributed by atoms with Gasteiger partial charge >= 0.3 is 6.03 Å². The third kappa shape index (κ3) is 9.79. The molecule has 1 atom stereocenters. The van der Waals surface area contributed by atoms with Crippen LogP contribution in [0, 0.1) is 11.7 Å². The van der Waals surface area contributed by atoms with Crippen molar-refractivity contribution in [3.05, 3.63) is 66.2 Å². The molecule has 3 N–H and O–H groups in total. The van der Waals surface area contributed by atoms with Gasteiger partial charge in [-0.05, 0) is 81.9 Å². The maximum absolute atomic E-state index is 15.0. The number of ketones is 1. The van der Waals surface area contributed by atoms with Crippen molar-refractivity contribution in [3.8, 4) is 22.1 Å². The Balaban J connectivity index is 1.20. The SMILES string of the molecule is CCCN(CCCC(CC)C(=O)c1ccc(-c2cc3nccc(Oc4ccc(NC(=O)NC5CC5)cc4F)c3s2)nc1)CCOCCO. The number of amides is 2. The Bertz CT molecular complexity index is 1660. The van der Waals surface area contributed by atoms with Crippen LogP contribution in [0.1, 0.15) is 62.7 Å². The molecule has 3 aromatic heterocycles. The van der Waals surface area contributed by atoms with Crippen molar-refractivity contribution in [2.24, 2.45) is 5.92 Å². The van der Waals surface area contributed by atoms with E-state index in [0.717, 1.165) is 67.7 Å². The highest BCUT2D eigenvalue weighted by Crippen LogP contribution is 2.39. The Labute approximate surface area is 284 Å². The lowest BCUT2D eigenvalue weighted by Crippen LogP contribution is -2.30. The molecule has 0 aliphatic heterocycles. The molecule has 0 spiro atoms. The van der Waals surface area contributed by atoms with Crippen LogP contribution in [-0.4, -0.2) is 77.3 Å². The Morgan fingerprint density at radius 3 is 2.62 bits per heavy atom. The molecule has 4 aromatic rings. The van der Waals surface area contributed by atoms with Gasteiger partial charge in [0.05, 0.1) is 40.6 Å². The first-order valence-corrected chi connectivity index (χ1v) is 17.5. The second-order valence-corrected chi connectivity index (χ2v) is 13.0. The zero-order valence-electron chi connectivity index (χ0n) is 27.5. The quantitative estimate of drug-likeness (QED) is 0.0699. The number of nitrogens with one attached hydrogen (secondary N) is 2. The van der Waals surface area contributed by atoms with Crippen molar-refractivity contribution in [2.75, 3.05) is 44.8 Å². The molecule has 5 rings (SSSR count). The summed E-state index contributed by atoms with van der Waals surface area (Å²) >= 11 is 1.43. The van der Waals surface area contributed by atoms with Crippen LogP contribution in [0.4, 0.5) is 14.9 Å². The van der Waals surface area contributed by atoms with E-state index in [4.69, 9.17) is 14.6 Å². The van der Waals surface area contributed by atoms with Gasteiger partial charge in [-0.1, -0.05) is 13.8 Å². The molecule has 10 nitrogen and oxygen atoms in total. The van der Waals surface area contributed by atoms with Crippen molar-refractivity contribution in [2.45, 2.75) is 58.4 Å². The van der Waals surface area contributed by atoms with Gasteiger partial charge in [-0.2, -0.15) is 0 Å². The summed E-state index contributed by atoms with van der Waals surface area (Å²) in [5.41, 5.74) is 2.33. The van der Waals surface area contributed by atoms with Crippen molar-refractivity contribution >= 4 is 39.1 Å². The number of thiophene rings is 1. The summed E-state index contributed by atoms with van der Waals surface area (Å²) in [6, 6.07) is 11.4. The Kier molecular flexibility index (Phi) is 12.8. The number of aromatic nitrogens is 2. The Morgan fingerprint density at radius 1 is 1.06 bits per heavy atom. The summed E-state index contributed by atoms with van der Waals surface area (Å²) in [7, 11) is 0. The van der Waals surface area contributed by atoms with Crippen molar-refractivity contribution in [1.82, 2.24) is 20.2 Å². The number of fused-ring (bicyclic) bond motifs is 1. The van der Waals surface area contributed by atoms with Crippen molar-refractivity contribution in [1.29, 1.82) is 0 Å². The molecule has 2 amide bonds. The number of carbonyl (C=O) groups is 2. The molecule has 1 aliphatic rings. The molecule has 12 heteroatoms. The van der Waals surface area contributed by atoms with Crippen LogP contribution in [0.25, 0.3) is 20.8 Å². The zero-order chi connectivity index (χ0) is 33.9. The lowest BCUT2D eigenvalue weighted by Gasteiger charge is -2.22. The fourth-order valence-corrected chi connectivity index (χ4v) is 6.54. The third-order valence-electron chi connectivity index (χ3n) is 8.22. The fraction of sp³-hybridized carbons (Fsp3) is 0.444. The molecule has 1 saturated carbocycles. The molecule has 0 saturated heterocycles. The fourth-order valence-electron chi connectivity index (χ4n) is 5.50. The Hall–Kier alpha value is -3.97. The van der Waals surface area contributed by atoms with Gasteiger partial charge in [0.25, 0.3) is 0 Å². The summed E-state index contributed by atoms with van der Waals surface area (Å²) in [6.45, 7) is 7.86. The highest BCUT2D eigenvalue weighted by Gasteiger charge is 2.23. The van der Waals surface area contributed by atoms with E-state index in [1.54, 1.807) is 24.5 Å². The van der Waals surface area contributed by atoms with Gasteiger partial charge in [-0.3, -0.25) is 14.8 Å². The zero-order valence-corrected chi connectivity index (χ0v) is 28.4.